The summed E-state index contributed by atoms with van der Waals surface area (Å²) in [5, 5.41) is 0. The van der Waals surface area contributed by atoms with E-state index in [0.29, 0.717) is 0 Å². The van der Waals surface area contributed by atoms with Gasteiger partial charge in [-0.1, -0.05) is 63.2 Å². The zero-order chi connectivity index (χ0) is 9.26. The molecule has 0 spiro atoms. The van der Waals surface area contributed by atoms with Gasteiger partial charge in [-0.25, -0.2) is 0 Å². The lowest BCUT2D eigenvalue weighted by molar-refractivity contribution is 1.61. The van der Waals surface area contributed by atoms with E-state index in [2.05, 4.69) is 24.8 Å². The molecule has 1 aromatic heterocycles. The molecule has 2 aromatic rings. The SMILES string of the molecule is S=c1ssc(S)c1-c1ccccc1. The van der Waals surface area contributed by atoms with Crippen molar-refractivity contribution in [3.05, 3.63) is 34.2 Å². The van der Waals surface area contributed by atoms with E-state index < -0.39 is 0 Å². The quantitative estimate of drug-likeness (QED) is 0.436. The zero-order valence-electron chi connectivity index (χ0n) is 6.56. The summed E-state index contributed by atoms with van der Waals surface area (Å²) in [6.07, 6.45) is 0. The standard InChI is InChI=1S/C9H6S4/c10-8-7(9(11)13-12-8)6-4-2-1-3-5-6/h1-5,10H. The second-order valence-corrected chi connectivity index (χ2v) is 6.07. The van der Waals surface area contributed by atoms with E-state index in [1.165, 1.54) is 0 Å². The Labute approximate surface area is 94.7 Å². The number of thiol groups is 1. The number of hydrogen-bond donors (Lipinski definition) is 1. The fraction of sp³-hybridized carbons (Fsp3) is 0. The zero-order valence-corrected chi connectivity index (χ0v) is 9.90. The highest BCUT2D eigenvalue weighted by Gasteiger charge is 2.06. The summed E-state index contributed by atoms with van der Waals surface area (Å²) in [4.78, 5) is 0. The van der Waals surface area contributed by atoms with Gasteiger partial charge in [-0.3, -0.25) is 0 Å². The summed E-state index contributed by atoms with van der Waals surface area (Å²) in [7, 11) is 3.23. The van der Waals surface area contributed by atoms with Gasteiger partial charge in [0.1, 0.15) is 3.82 Å². The first-order valence-electron chi connectivity index (χ1n) is 3.66. The Balaban J connectivity index is 2.65. The van der Waals surface area contributed by atoms with Crippen LogP contribution in [0, 0.1) is 3.82 Å². The predicted octanol–water partition coefficient (Wildman–Crippen LogP) is 4.49. The minimum absolute atomic E-state index is 0.932. The van der Waals surface area contributed by atoms with E-state index in [1.54, 1.807) is 20.7 Å². The smallest absolute Gasteiger partial charge is 0.110 e. The number of hydrogen-bond acceptors (Lipinski definition) is 4. The van der Waals surface area contributed by atoms with Crippen LogP contribution in [0.1, 0.15) is 0 Å². The summed E-state index contributed by atoms with van der Waals surface area (Å²) >= 11 is 9.63. The number of benzene rings is 1. The van der Waals surface area contributed by atoms with Crippen molar-refractivity contribution in [3.63, 3.8) is 0 Å². The van der Waals surface area contributed by atoms with Gasteiger partial charge in [0.05, 0.1) is 4.21 Å². The Hall–Kier alpha value is -0.160. The van der Waals surface area contributed by atoms with Crippen molar-refractivity contribution in [2.45, 2.75) is 4.21 Å². The normalized spacial score (nSPS) is 10.2. The third kappa shape index (κ3) is 1.86. The van der Waals surface area contributed by atoms with Crippen LogP contribution >= 0.6 is 45.5 Å². The van der Waals surface area contributed by atoms with Gasteiger partial charge in [-0.15, -0.1) is 12.6 Å². The summed E-state index contributed by atoms with van der Waals surface area (Å²) in [6.45, 7) is 0. The Bertz CT molecular complexity index is 452. The van der Waals surface area contributed by atoms with Crippen molar-refractivity contribution in [1.82, 2.24) is 0 Å². The predicted molar refractivity (Wildman–Crippen MR) is 65.7 cm³/mol. The molecule has 0 radical (unpaired) electrons. The Morgan fingerprint density at radius 1 is 1.08 bits per heavy atom. The minimum Gasteiger partial charge on any atom is -0.131 e. The van der Waals surface area contributed by atoms with Crippen molar-refractivity contribution < 1.29 is 0 Å². The largest absolute Gasteiger partial charge is 0.131 e. The van der Waals surface area contributed by atoms with E-state index in [1.807, 2.05) is 18.2 Å². The minimum atomic E-state index is 0.932. The van der Waals surface area contributed by atoms with Gasteiger partial charge in [-0.05, 0) is 5.56 Å². The maximum atomic E-state index is 5.23. The van der Waals surface area contributed by atoms with Gasteiger partial charge in [0.25, 0.3) is 0 Å². The molecule has 66 valence electrons. The van der Waals surface area contributed by atoms with Gasteiger partial charge < -0.3 is 0 Å². The van der Waals surface area contributed by atoms with E-state index >= 15 is 0 Å². The molecule has 0 aliphatic carbocycles. The van der Waals surface area contributed by atoms with Gasteiger partial charge in [0.2, 0.25) is 0 Å². The summed E-state index contributed by atoms with van der Waals surface area (Å²) in [5.74, 6) is 0. The van der Waals surface area contributed by atoms with Crippen LogP contribution < -0.4 is 0 Å². The van der Waals surface area contributed by atoms with Crippen LogP contribution in [-0.2, 0) is 0 Å². The first kappa shape index (κ1) is 9.40. The van der Waals surface area contributed by atoms with Gasteiger partial charge >= 0.3 is 0 Å². The van der Waals surface area contributed by atoms with Crippen LogP contribution in [0.4, 0.5) is 0 Å². The topological polar surface area (TPSA) is 0 Å². The molecule has 0 saturated heterocycles. The Kier molecular flexibility index (Phi) is 2.83. The van der Waals surface area contributed by atoms with E-state index in [0.717, 1.165) is 19.2 Å². The van der Waals surface area contributed by atoms with Crippen molar-refractivity contribution in [2.24, 2.45) is 0 Å². The molecule has 0 unspecified atom stereocenters. The molecule has 2 rings (SSSR count). The average molecular weight is 242 g/mol. The first-order chi connectivity index (χ1) is 6.29. The third-order valence-corrected chi connectivity index (χ3v) is 5.37. The average Bonchev–Trinajstić information content (AvgIpc) is 2.48. The molecule has 0 atom stereocenters. The number of rotatable bonds is 1. The maximum Gasteiger partial charge on any atom is 0.110 e. The van der Waals surface area contributed by atoms with Crippen molar-refractivity contribution in [2.75, 3.05) is 0 Å². The molecule has 0 aliphatic heterocycles. The molecule has 0 fully saturated rings. The van der Waals surface area contributed by atoms with Gasteiger partial charge in [0.15, 0.2) is 0 Å². The Morgan fingerprint density at radius 2 is 1.77 bits per heavy atom. The Morgan fingerprint density at radius 3 is 2.31 bits per heavy atom. The molecular formula is C9H6S4. The van der Waals surface area contributed by atoms with Crippen LogP contribution in [-0.4, -0.2) is 0 Å². The van der Waals surface area contributed by atoms with Crippen LogP contribution in [0.5, 0.6) is 0 Å². The highest BCUT2D eigenvalue weighted by molar-refractivity contribution is 7.88. The van der Waals surface area contributed by atoms with E-state index in [9.17, 15) is 0 Å². The molecule has 13 heavy (non-hydrogen) atoms. The van der Waals surface area contributed by atoms with E-state index in [-0.39, 0.29) is 0 Å². The van der Waals surface area contributed by atoms with Crippen molar-refractivity contribution in [1.29, 1.82) is 0 Å². The summed E-state index contributed by atoms with van der Waals surface area (Å²) in [5.41, 5.74) is 2.27. The monoisotopic (exact) mass is 242 g/mol. The molecule has 0 N–H and O–H groups in total. The van der Waals surface area contributed by atoms with Gasteiger partial charge in [0, 0.05) is 5.56 Å². The molecule has 4 heteroatoms. The molecule has 0 amide bonds. The second-order valence-electron chi connectivity index (χ2n) is 2.50. The molecule has 0 saturated carbocycles. The second kappa shape index (κ2) is 3.92. The summed E-state index contributed by atoms with van der Waals surface area (Å²) < 4.78 is 1.95. The lowest BCUT2D eigenvalue weighted by Crippen LogP contribution is -1.73. The molecule has 0 bridgehead atoms. The molecular weight excluding hydrogens is 236 g/mol. The lowest BCUT2D eigenvalue weighted by atomic mass is 10.1. The summed E-state index contributed by atoms with van der Waals surface area (Å²) in [6, 6.07) is 10.1. The van der Waals surface area contributed by atoms with Crippen LogP contribution in [0.3, 0.4) is 0 Å². The highest BCUT2D eigenvalue weighted by Crippen LogP contribution is 2.35. The molecule has 1 heterocycles. The molecule has 1 aromatic carbocycles. The molecule has 0 nitrogen and oxygen atoms in total. The van der Waals surface area contributed by atoms with E-state index in [4.69, 9.17) is 12.2 Å². The van der Waals surface area contributed by atoms with Crippen molar-refractivity contribution in [3.8, 4) is 11.1 Å². The fourth-order valence-electron chi connectivity index (χ4n) is 1.09. The van der Waals surface area contributed by atoms with Crippen LogP contribution in [0.15, 0.2) is 34.5 Å². The highest BCUT2D eigenvalue weighted by atomic mass is 32.9. The molecule has 0 aliphatic rings. The van der Waals surface area contributed by atoms with Gasteiger partial charge in [-0.2, -0.15) is 0 Å². The fourth-order valence-corrected chi connectivity index (χ4v) is 4.20. The van der Waals surface area contributed by atoms with Crippen molar-refractivity contribution >= 4 is 45.5 Å². The van der Waals surface area contributed by atoms with Crippen LogP contribution in [0.2, 0.25) is 0 Å². The van der Waals surface area contributed by atoms with Crippen LogP contribution in [0.25, 0.3) is 11.1 Å². The lowest BCUT2D eigenvalue weighted by Gasteiger charge is -1.96. The maximum absolute atomic E-state index is 5.23. The first-order valence-corrected chi connectivity index (χ1v) is 6.67. The third-order valence-electron chi connectivity index (χ3n) is 1.68.